The standard InChI is InChI=1S/C34H74O4S4Si2/c1-7-13-19-25-35-33(36-26-20-14-8-2,43-29-23-17-11-5)31-39-41-42-40-32-34(37-27-21-15-9-3,38-28-22-16-10-4)44-30-24-18-12-6/h7-32,43-44H2,1-6H3. The number of hydrogen-bond donors (Lipinski definition) is 0. The Morgan fingerprint density at radius 1 is 0.386 bits per heavy atom. The lowest BCUT2D eigenvalue weighted by Crippen LogP contribution is -2.45. The molecule has 0 aliphatic rings. The third-order valence-corrected chi connectivity index (χ3v) is 19.8. The lowest BCUT2D eigenvalue weighted by atomic mass is 10.3. The predicted molar refractivity (Wildman–Crippen MR) is 213 cm³/mol. The van der Waals surface area contributed by atoms with Crippen LogP contribution >= 0.6 is 41.2 Å². The van der Waals surface area contributed by atoms with Crippen molar-refractivity contribution in [1.29, 1.82) is 0 Å². The molecule has 0 aromatic carbocycles. The summed E-state index contributed by atoms with van der Waals surface area (Å²) < 4.78 is 26.8. The van der Waals surface area contributed by atoms with Gasteiger partial charge in [0.05, 0.1) is 30.5 Å². The third-order valence-electron chi connectivity index (χ3n) is 7.96. The van der Waals surface area contributed by atoms with Gasteiger partial charge in [0.15, 0.2) is 10.8 Å². The fourth-order valence-corrected chi connectivity index (χ4v) is 17.3. The van der Waals surface area contributed by atoms with Crippen LogP contribution in [0.15, 0.2) is 0 Å². The molecule has 0 radical (unpaired) electrons. The second kappa shape index (κ2) is 34.5. The summed E-state index contributed by atoms with van der Waals surface area (Å²) in [7, 11) is 6.71. The van der Waals surface area contributed by atoms with E-state index in [1.807, 2.05) is 41.2 Å². The molecule has 0 heterocycles. The Bertz CT molecular complexity index is 471. The minimum absolute atomic E-state index is 0.321. The van der Waals surface area contributed by atoms with Gasteiger partial charge in [-0.1, -0.05) is 165 Å². The maximum atomic E-state index is 6.70. The van der Waals surface area contributed by atoms with Gasteiger partial charge in [-0.25, -0.2) is 0 Å². The van der Waals surface area contributed by atoms with Crippen LogP contribution in [0.5, 0.6) is 0 Å². The van der Waals surface area contributed by atoms with Crippen molar-refractivity contribution in [3.63, 3.8) is 0 Å². The highest BCUT2D eigenvalue weighted by molar-refractivity contribution is 9.26. The molecule has 0 spiro atoms. The van der Waals surface area contributed by atoms with Crippen LogP contribution in [0.2, 0.25) is 12.1 Å². The van der Waals surface area contributed by atoms with Crippen LogP contribution in [0.3, 0.4) is 0 Å². The molecule has 0 rings (SSSR count). The molecule has 0 N–H and O–H groups in total. The topological polar surface area (TPSA) is 36.9 Å². The van der Waals surface area contributed by atoms with E-state index in [0.29, 0.717) is 0 Å². The van der Waals surface area contributed by atoms with Crippen LogP contribution in [0.4, 0.5) is 0 Å². The van der Waals surface area contributed by atoms with E-state index in [4.69, 9.17) is 18.9 Å². The Labute approximate surface area is 295 Å². The van der Waals surface area contributed by atoms with Gasteiger partial charge < -0.3 is 18.9 Å². The van der Waals surface area contributed by atoms with Gasteiger partial charge in [-0.2, -0.15) is 0 Å². The van der Waals surface area contributed by atoms with Gasteiger partial charge in [0.2, 0.25) is 0 Å². The number of ether oxygens (including phenoxy) is 4. The maximum absolute atomic E-state index is 6.70. The van der Waals surface area contributed by atoms with E-state index in [2.05, 4.69) is 41.5 Å². The Balaban J connectivity index is 5.24. The molecule has 0 fully saturated rings. The highest BCUT2D eigenvalue weighted by Gasteiger charge is 2.34. The van der Waals surface area contributed by atoms with Crippen molar-refractivity contribution in [1.82, 2.24) is 0 Å². The van der Waals surface area contributed by atoms with Crippen molar-refractivity contribution in [2.45, 2.75) is 180 Å². The molecule has 0 aromatic rings. The molecule has 266 valence electrons. The second-order valence-corrected chi connectivity index (χ2v) is 22.9. The van der Waals surface area contributed by atoms with Crippen LogP contribution in [0.25, 0.3) is 0 Å². The molecule has 10 heteroatoms. The van der Waals surface area contributed by atoms with Crippen molar-refractivity contribution >= 4 is 60.3 Å². The van der Waals surface area contributed by atoms with Crippen molar-refractivity contribution < 1.29 is 18.9 Å². The predicted octanol–water partition coefficient (Wildman–Crippen LogP) is 11.4. The molecular weight excluding hydrogens is 657 g/mol. The van der Waals surface area contributed by atoms with E-state index in [0.717, 1.165) is 63.6 Å². The first kappa shape index (κ1) is 45.7. The van der Waals surface area contributed by atoms with Crippen LogP contribution in [-0.4, -0.2) is 67.8 Å². The van der Waals surface area contributed by atoms with Crippen LogP contribution in [-0.2, 0) is 18.9 Å². The first-order valence-electron chi connectivity index (χ1n) is 18.7. The molecule has 0 bridgehead atoms. The normalized spacial score (nSPS) is 13.0. The van der Waals surface area contributed by atoms with Crippen molar-refractivity contribution in [2.75, 3.05) is 37.9 Å². The largest absolute Gasteiger partial charge is 0.354 e. The quantitative estimate of drug-likeness (QED) is 0.0271. The fourth-order valence-electron chi connectivity index (χ4n) is 5.03. The molecule has 0 atom stereocenters. The summed E-state index contributed by atoms with van der Waals surface area (Å²) in [6.45, 7) is 17.0. The molecule has 0 saturated heterocycles. The van der Waals surface area contributed by atoms with Crippen LogP contribution < -0.4 is 0 Å². The zero-order valence-corrected chi connectivity index (χ0v) is 36.2. The zero-order valence-electron chi connectivity index (χ0n) is 30.1. The third kappa shape index (κ3) is 26.6. The van der Waals surface area contributed by atoms with Gasteiger partial charge in [0, 0.05) is 26.4 Å². The molecule has 0 saturated carbocycles. The van der Waals surface area contributed by atoms with E-state index in [1.54, 1.807) is 0 Å². The van der Waals surface area contributed by atoms with Gasteiger partial charge in [0.25, 0.3) is 0 Å². The van der Waals surface area contributed by atoms with E-state index >= 15 is 0 Å². The number of rotatable bonds is 37. The average molecular weight is 731 g/mol. The molecule has 4 nitrogen and oxygen atoms in total. The van der Waals surface area contributed by atoms with E-state index in [1.165, 1.54) is 102 Å². The summed E-state index contributed by atoms with van der Waals surface area (Å²) in [6, 6.07) is 2.64. The molecule has 0 aliphatic heterocycles. The summed E-state index contributed by atoms with van der Waals surface area (Å²) in [4.78, 5) is 0. The Hall–Kier alpha value is 1.67. The summed E-state index contributed by atoms with van der Waals surface area (Å²) in [5, 5.41) is 0. The molecule has 0 aliphatic carbocycles. The highest BCUT2D eigenvalue weighted by Crippen LogP contribution is 2.46. The van der Waals surface area contributed by atoms with Gasteiger partial charge >= 0.3 is 0 Å². The lowest BCUT2D eigenvalue weighted by molar-refractivity contribution is -0.167. The molecular formula is C34H74O4S4Si2. The number of unbranched alkanes of at least 4 members (excludes halogenated alkanes) is 12. The van der Waals surface area contributed by atoms with Gasteiger partial charge in [-0.05, 0) is 45.3 Å². The van der Waals surface area contributed by atoms with E-state index < -0.39 is 19.0 Å². The first-order valence-corrected chi connectivity index (χ1v) is 27.3. The highest BCUT2D eigenvalue weighted by atomic mass is 33.7. The fraction of sp³-hybridized carbons (Fsp3) is 1.00. The summed E-state index contributed by atoms with van der Waals surface area (Å²) in [5.74, 6) is 1.89. The number of hydrogen-bond acceptors (Lipinski definition) is 8. The van der Waals surface area contributed by atoms with Crippen LogP contribution in [0.1, 0.15) is 157 Å². The smallest absolute Gasteiger partial charge is 0.154 e. The van der Waals surface area contributed by atoms with Crippen molar-refractivity contribution in [2.24, 2.45) is 0 Å². The summed E-state index contributed by atoms with van der Waals surface area (Å²) in [5.41, 5.74) is -0.641. The monoisotopic (exact) mass is 730 g/mol. The van der Waals surface area contributed by atoms with Gasteiger partial charge in [-0.15, -0.1) is 0 Å². The zero-order chi connectivity index (χ0) is 32.5. The second-order valence-electron chi connectivity index (χ2n) is 12.3. The lowest BCUT2D eigenvalue weighted by Gasteiger charge is -2.34. The Morgan fingerprint density at radius 2 is 0.659 bits per heavy atom. The minimum Gasteiger partial charge on any atom is -0.354 e. The summed E-state index contributed by atoms with van der Waals surface area (Å²) in [6.07, 6.45) is 22.3. The van der Waals surface area contributed by atoms with Crippen LogP contribution in [0, 0.1) is 0 Å². The van der Waals surface area contributed by atoms with E-state index in [9.17, 15) is 0 Å². The van der Waals surface area contributed by atoms with Crippen molar-refractivity contribution in [3.8, 4) is 0 Å². The van der Waals surface area contributed by atoms with Crippen molar-refractivity contribution in [3.05, 3.63) is 0 Å². The minimum atomic E-state index is -0.504. The SMILES string of the molecule is CCCCCOC(CSSSSCC(OCCCCC)(OCCCCC)[SiH2]CCCCC)(OCCCCC)[SiH2]CCCCC. The average Bonchev–Trinajstić information content (AvgIpc) is 3.03. The molecule has 0 amide bonds. The first-order chi connectivity index (χ1) is 21.6. The molecule has 0 aromatic heterocycles. The van der Waals surface area contributed by atoms with Gasteiger partial charge in [-0.3, -0.25) is 0 Å². The van der Waals surface area contributed by atoms with Gasteiger partial charge in [0.1, 0.15) is 0 Å². The van der Waals surface area contributed by atoms with E-state index in [-0.39, 0.29) is 10.8 Å². The summed E-state index contributed by atoms with van der Waals surface area (Å²) >= 11 is 0. The molecule has 0 unspecified atom stereocenters. The Kier molecular flexibility index (Phi) is 35.8. The Morgan fingerprint density at radius 3 is 0.932 bits per heavy atom. The maximum Gasteiger partial charge on any atom is 0.154 e. The molecule has 44 heavy (non-hydrogen) atoms.